The molecule has 3 rings (SSSR count). The maximum absolute atomic E-state index is 13.5. The SMILES string of the molecule is O=C(CCCSc1ccc(NC(=O)c2cccs2)nn1)Nc1ccccc1F. The Morgan fingerprint density at radius 2 is 1.89 bits per heavy atom. The molecule has 0 unspecified atom stereocenters. The fourth-order valence-corrected chi connectivity index (χ4v) is 3.61. The molecule has 144 valence electrons. The van der Waals surface area contributed by atoms with Gasteiger partial charge in [-0.25, -0.2) is 4.39 Å². The van der Waals surface area contributed by atoms with Gasteiger partial charge in [0.15, 0.2) is 5.82 Å². The summed E-state index contributed by atoms with van der Waals surface area (Å²) in [7, 11) is 0. The number of halogens is 1. The zero-order valence-electron chi connectivity index (χ0n) is 14.7. The Labute approximate surface area is 169 Å². The highest BCUT2D eigenvalue weighted by Crippen LogP contribution is 2.18. The normalized spacial score (nSPS) is 10.5. The molecule has 1 aromatic carbocycles. The lowest BCUT2D eigenvalue weighted by Crippen LogP contribution is -2.12. The van der Waals surface area contributed by atoms with Gasteiger partial charge in [0.05, 0.1) is 10.6 Å². The zero-order chi connectivity index (χ0) is 19.8. The molecule has 2 amide bonds. The molecule has 2 N–H and O–H groups in total. The molecule has 0 bridgehead atoms. The Morgan fingerprint density at radius 1 is 1.04 bits per heavy atom. The molecule has 3 aromatic rings. The highest BCUT2D eigenvalue weighted by atomic mass is 32.2. The highest BCUT2D eigenvalue weighted by molar-refractivity contribution is 7.99. The van der Waals surface area contributed by atoms with Crippen molar-refractivity contribution in [2.24, 2.45) is 0 Å². The van der Waals surface area contributed by atoms with Crippen LogP contribution in [-0.4, -0.2) is 27.8 Å². The van der Waals surface area contributed by atoms with E-state index in [1.165, 1.54) is 35.2 Å². The van der Waals surface area contributed by atoms with E-state index in [1.807, 2.05) is 11.4 Å². The lowest BCUT2D eigenvalue weighted by molar-refractivity contribution is -0.116. The summed E-state index contributed by atoms with van der Waals surface area (Å²) in [4.78, 5) is 24.4. The number of carbonyl (C=O) groups excluding carboxylic acids is 2. The Balaban J connectivity index is 1.38. The zero-order valence-corrected chi connectivity index (χ0v) is 16.4. The predicted molar refractivity (Wildman–Crippen MR) is 109 cm³/mol. The summed E-state index contributed by atoms with van der Waals surface area (Å²) in [6.07, 6.45) is 0.896. The molecule has 9 heteroatoms. The first-order valence-electron chi connectivity index (χ1n) is 8.47. The topological polar surface area (TPSA) is 84.0 Å². The number of anilines is 2. The average Bonchev–Trinajstić information content (AvgIpc) is 3.23. The van der Waals surface area contributed by atoms with Crippen LogP contribution < -0.4 is 10.6 Å². The Hall–Kier alpha value is -2.78. The molecule has 2 aromatic heterocycles. The maximum Gasteiger partial charge on any atom is 0.266 e. The van der Waals surface area contributed by atoms with E-state index in [-0.39, 0.29) is 23.9 Å². The Morgan fingerprint density at radius 3 is 2.61 bits per heavy atom. The number of thioether (sulfide) groups is 1. The molecule has 0 spiro atoms. The molecule has 28 heavy (non-hydrogen) atoms. The van der Waals surface area contributed by atoms with E-state index < -0.39 is 5.82 Å². The van der Waals surface area contributed by atoms with Crippen molar-refractivity contribution >= 4 is 46.4 Å². The summed E-state index contributed by atoms with van der Waals surface area (Å²) in [5, 5.41) is 15.8. The summed E-state index contributed by atoms with van der Waals surface area (Å²) < 4.78 is 13.5. The number of nitrogens with zero attached hydrogens (tertiary/aromatic N) is 2. The molecule has 0 atom stereocenters. The third-order valence-electron chi connectivity index (χ3n) is 3.57. The van der Waals surface area contributed by atoms with Gasteiger partial charge in [-0.15, -0.1) is 33.3 Å². The number of thiophene rings is 1. The van der Waals surface area contributed by atoms with Gasteiger partial charge in [0.1, 0.15) is 10.8 Å². The van der Waals surface area contributed by atoms with Crippen LogP contribution in [0.4, 0.5) is 15.9 Å². The van der Waals surface area contributed by atoms with Crippen LogP contribution in [0.15, 0.2) is 58.9 Å². The third-order valence-corrected chi connectivity index (χ3v) is 5.45. The Kier molecular flexibility index (Phi) is 7.10. The van der Waals surface area contributed by atoms with Gasteiger partial charge in [-0.1, -0.05) is 18.2 Å². The summed E-state index contributed by atoms with van der Waals surface area (Å²) in [6.45, 7) is 0. The number of amides is 2. The number of carbonyl (C=O) groups is 2. The first-order valence-corrected chi connectivity index (χ1v) is 10.3. The van der Waals surface area contributed by atoms with E-state index in [0.29, 0.717) is 27.9 Å². The molecule has 0 aliphatic carbocycles. The smallest absolute Gasteiger partial charge is 0.266 e. The van der Waals surface area contributed by atoms with Crippen molar-refractivity contribution in [3.05, 3.63) is 64.6 Å². The van der Waals surface area contributed by atoms with Crippen LogP contribution in [-0.2, 0) is 4.79 Å². The molecule has 0 aliphatic heterocycles. The van der Waals surface area contributed by atoms with Crippen LogP contribution in [0.25, 0.3) is 0 Å². The molecule has 0 radical (unpaired) electrons. The number of nitrogens with one attached hydrogen (secondary N) is 2. The number of benzene rings is 1. The van der Waals surface area contributed by atoms with Gasteiger partial charge in [0.2, 0.25) is 5.91 Å². The average molecular weight is 417 g/mol. The van der Waals surface area contributed by atoms with Crippen molar-refractivity contribution < 1.29 is 14.0 Å². The molecule has 0 saturated carbocycles. The number of aromatic nitrogens is 2. The summed E-state index contributed by atoms with van der Waals surface area (Å²) in [5.74, 6) is 0.146. The van der Waals surface area contributed by atoms with Gasteiger partial charge < -0.3 is 10.6 Å². The van der Waals surface area contributed by atoms with Gasteiger partial charge in [-0.2, -0.15) is 0 Å². The lowest BCUT2D eigenvalue weighted by atomic mass is 10.2. The molecule has 0 saturated heterocycles. The van der Waals surface area contributed by atoms with Crippen molar-refractivity contribution in [3.8, 4) is 0 Å². The first kappa shape index (κ1) is 20.0. The van der Waals surface area contributed by atoms with E-state index in [0.717, 1.165) is 0 Å². The van der Waals surface area contributed by atoms with Gasteiger partial charge in [-0.3, -0.25) is 9.59 Å². The number of hydrogen-bond acceptors (Lipinski definition) is 6. The van der Waals surface area contributed by atoms with E-state index in [1.54, 1.807) is 30.3 Å². The minimum Gasteiger partial charge on any atom is -0.324 e. The fourth-order valence-electron chi connectivity index (χ4n) is 2.23. The monoisotopic (exact) mass is 416 g/mol. The summed E-state index contributed by atoms with van der Waals surface area (Å²) in [6, 6.07) is 13.1. The highest BCUT2D eigenvalue weighted by Gasteiger charge is 2.09. The van der Waals surface area contributed by atoms with Crippen LogP contribution in [0.5, 0.6) is 0 Å². The molecule has 0 aliphatic rings. The van der Waals surface area contributed by atoms with E-state index in [9.17, 15) is 14.0 Å². The number of hydrogen-bond donors (Lipinski definition) is 2. The van der Waals surface area contributed by atoms with Crippen LogP contribution in [0.3, 0.4) is 0 Å². The van der Waals surface area contributed by atoms with Gasteiger partial charge in [-0.05, 0) is 42.1 Å². The van der Waals surface area contributed by atoms with E-state index in [2.05, 4.69) is 20.8 Å². The van der Waals surface area contributed by atoms with Crippen molar-refractivity contribution in [2.75, 3.05) is 16.4 Å². The fraction of sp³-hybridized carbons (Fsp3) is 0.158. The van der Waals surface area contributed by atoms with Gasteiger partial charge in [0.25, 0.3) is 5.91 Å². The second-order valence-electron chi connectivity index (χ2n) is 5.67. The summed E-state index contributed by atoms with van der Waals surface area (Å²) >= 11 is 2.81. The molecule has 2 heterocycles. The quantitative estimate of drug-likeness (QED) is 0.419. The van der Waals surface area contributed by atoms with Crippen molar-refractivity contribution in [2.45, 2.75) is 17.9 Å². The van der Waals surface area contributed by atoms with E-state index in [4.69, 9.17) is 0 Å². The van der Waals surface area contributed by atoms with Crippen LogP contribution >= 0.6 is 23.1 Å². The van der Waals surface area contributed by atoms with Crippen molar-refractivity contribution in [3.63, 3.8) is 0 Å². The molecule has 0 fully saturated rings. The van der Waals surface area contributed by atoms with Crippen LogP contribution in [0.1, 0.15) is 22.5 Å². The standard InChI is InChI=1S/C19H17FN4O2S2/c20-13-5-1-2-6-14(13)21-17(25)8-4-12-28-18-10-9-16(23-24-18)22-19(26)15-7-3-11-27-15/h1-3,5-7,9-11H,4,8,12H2,(H,21,25)(H,22,23,26). The van der Waals surface area contributed by atoms with Gasteiger partial charge in [0, 0.05) is 12.2 Å². The maximum atomic E-state index is 13.5. The third kappa shape index (κ3) is 5.86. The van der Waals surface area contributed by atoms with Crippen LogP contribution in [0, 0.1) is 5.82 Å². The predicted octanol–water partition coefficient (Wildman–Crippen LogP) is 4.44. The Bertz CT molecular complexity index is 933. The number of para-hydroxylation sites is 1. The van der Waals surface area contributed by atoms with Crippen LogP contribution in [0.2, 0.25) is 0 Å². The lowest BCUT2D eigenvalue weighted by Gasteiger charge is -2.06. The second-order valence-corrected chi connectivity index (χ2v) is 7.73. The molecular weight excluding hydrogens is 399 g/mol. The second kappa shape index (κ2) is 9.95. The minimum atomic E-state index is -0.452. The molecular formula is C19H17FN4O2S2. The first-order chi connectivity index (χ1) is 13.6. The van der Waals surface area contributed by atoms with Crippen molar-refractivity contribution in [1.82, 2.24) is 10.2 Å². The molecule has 6 nitrogen and oxygen atoms in total. The minimum absolute atomic E-state index is 0.186. The largest absolute Gasteiger partial charge is 0.324 e. The number of rotatable bonds is 8. The van der Waals surface area contributed by atoms with Crippen molar-refractivity contribution in [1.29, 1.82) is 0 Å². The summed E-state index contributed by atoms with van der Waals surface area (Å²) in [5.41, 5.74) is 0.186. The van der Waals surface area contributed by atoms with Gasteiger partial charge >= 0.3 is 0 Å². The van der Waals surface area contributed by atoms with E-state index >= 15 is 0 Å².